The Kier molecular flexibility index (Phi) is 10.7. The van der Waals surface area contributed by atoms with Crippen LogP contribution in [-0.4, -0.2) is 11.1 Å². The zero-order chi connectivity index (χ0) is 9.40. The van der Waals surface area contributed by atoms with E-state index in [4.69, 9.17) is 5.11 Å². The van der Waals surface area contributed by atoms with E-state index in [1.165, 1.54) is 5.56 Å². The van der Waals surface area contributed by atoms with E-state index in [-0.39, 0.29) is 25.9 Å². The molecule has 0 radical (unpaired) electrons. The van der Waals surface area contributed by atoms with Crippen LogP contribution < -0.4 is 0 Å². The van der Waals surface area contributed by atoms with Crippen molar-refractivity contribution in [3.63, 3.8) is 0 Å². The Bertz CT molecular complexity index is 222. The van der Waals surface area contributed by atoms with E-state index in [0.717, 1.165) is 0 Å². The number of hydrogen-bond donors (Lipinski definition) is 1. The monoisotopic (exact) mass is 229 g/mol. The molecule has 0 aliphatic heterocycles. The number of rotatable bonds is 1. The maximum absolute atomic E-state index is 9.37. The van der Waals surface area contributed by atoms with Crippen LogP contribution in [0.4, 0.5) is 0 Å². The first kappa shape index (κ1) is 14.8. The third-order valence-corrected chi connectivity index (χ3v) is 1.17. The molecule has 0 unspecified atom stereocenters. The largest absolute Gasteiger partial charge is 0.481 e. The van der Waals surface area contributed by atoms with Gasteiger partial charge < -0.3 is 5.11 Å². The normalized spacial score (nSPS) is 7.54. The second-order valence-corrected chi connectivity index (χ2v) is 2.29. The van der Waals surface area contributed by atoms with Gasteiger partial charge in [0.05, 0.1) is 0 Å². The summed E-state index contributed by atoms with van der Waals surface area (Å²) < 4.78 is 0. The van der Waals surface area contributed by atoms with Gasteiger partial charge in [-0.2, -0.15) is 35.9 Å². The predicted molar refractivity (Wildman–Crippen MR) is 47.9 cm³/mol. The summed E-state index contributed by atoms with van der Waals surface area (Å²) in [5.74, 6) is -0.745. The van der Waals surface area contributed by atoms with Gasteiger partial charge in [-0.25, -0.2) is 0 Å². The number of aryl methyl sites for hydroxylation is 1. The van der Waals surface area contributed by atoms with Gasteiger partial charge in [-0.3, -0.25) is 4.79 Å². The van der Waals surface area contributed by atoms with Crippen molar-refractivity contribution in [2.75, 3.05) is 0 Å². The molecule has 0 fully saturated rings. The van der Waals surface area contributed by atoms with E-state index < -0.39 is 5.97 Å². The minimum atomic E-state index is -0.745. The number of hydrogen-bond acceptors (Lipinski definition) is 1. The van der Waals surface area contributed by atoms with Crippen molar-refractivity contribution >= 4 is 5.97 Å². The van der Waals surface area contributed by atoms with E-state index >= 15 is 0 Å². The number of carboxylic acids is 1. The molecule has 1 aromatic carbocycles. The summed E-state index contributed by atoms with van der Waals surface area (Å²) in [5, 5.41) is 7.72. The van der Waals surface area contributed by atoms with Crippen LogP contribution in [0.15, 0.2) is 24.3 Å². The van der Waals surface area contributed by atoms with Crippen molar-refractivity contribution in [2.24, 2.45) is 0 Å². The molecule has 1 rings (SSSR count). The summed E-state index contributed by atoms with van der Waals surface area (Å²) in [5.41, 5.74) is 1.20. The van der Waals surface area contributed by atoms with Gasteiger partial charge in [0.25, 0.3) is 0 Å². The molecular formula is C10H13O2Zn-. The Labute approximate surface area is 91.7 Å². The van der Waals surface area contributed by atoms with Crippen molar-refractivity contribution < 1.29 is 29.4 Å². The van der Waals surface area contributed by atoms with Crippen LogP contribution in [-0.2, 0) is 24.3 Å². The molecule has 3 heteroatoms. The molecule has 0 heterocycles. The predicted octanol–water partition coefficient (Wildman–Crippen LogP) is 2.27. The van der Waals surface area contributed by atoms with E-state index in [1.54, 1.807) is 6.92 Å². The number of carbonyl (C=O) groups is 1. The maximum Gasteiger partial charge on any atom is 0.303 e. The maximum atomic E-state index is 9.37. The minimum Gasteiger partial charge on any atom is -0.481 e. The summed E-state index contributed by atoms with van der Waals surface area (Å²) in [6.07, 6.45) is 0.222. The molecule has 0 spiro atoms. The molecule has 2 nitrogen and oxygen atoms in total. The van der Waals surface area contributed by atoms with Gasteiger partial charge in [0.15, 0.2) is 0 Å². The Morgan fingerprint density at radius 3 is 2.23 bits per heavy atom. The molecule has 0 atom stereocenters. The van der Waals surface area contributed by atoms with Gasteiger partial charge in [0.2, 0.25) is 0 Å². The van der Waals surface area contributed by atoms with E-state index in [2.05, 4.69) is 6.07 Å². The summed E-state index contributed by atoms with van der Waals surface area (Å²) in [6, 6.07) is 10.9. The Morgan fingerprint density at radius 1 is 1.54 bits per heavy atom. The SMILES string of the molecule is CCC(=O)O.Cc1[c-]cccc1.[Zn]. The van der Waals surface area contributed by atoms with Gasteiger partial charge >= 0.3 is 5.97 Å². The van der Waals surface area contributed by atoms with Gasteiger partial charge in [0, 0.05) is 25.9 Å². The van der Waals surface area contributed by atoms with Gasteiger partial charge in [-0.1, -0.05) is 13.8 Å². The molecule has 0 saturated carbocycles. The zero-order valence-electron chi connectivity index (χ0n) is 8.08. The second kappa shape index (κ2) is 9.40. The van der Waals surface area contributed by atoms with Crippen molar-refractivity contribution in [3.8, 4) is 0 Å². The number of carboxylic acid groups (broad SMARTS) is 1. The second-order valence-electron chi connectivity index (χ2n) is 2.29. The first-order chi connectivity index (χ1) is 5.66. The summed E-state index contributed by atoms with van der Waals surface area (Å²) in [4.78, 5) is 9.37. The van der Waals surface area contributed by atoms with Crippen LogP contribution in [0.2, 0.25) is 0 Å². The third-order valence-electron chi connectivity index (χ3n) is 1.17. The van der Waals surface area contributed by atoms with Gasteiger partial charge in [-0.05, 0) is 0 Å². The first-order valence-corrected chi connectivity index (χ1v) is 3.82. The standard InChI is InChI=1S/C7H7.C3H6O2.Zn/c1-7-5-3-2-4-6-7;1-2-3(4)5;/h2-5H,1H3;2H2,1H3,(H,4,5);/q-1;;. The fraction of sp³-hybridized carbons (Fsp3) is 0.300. The molecule has 0 aliphatic rings. The van der Waals surface area contributed by atoms with Crippen molar-refractivity contribution in [3.05, 3.63) is 35.9 Å². The molecule has 0 aliphatic carbocycles. The molecule has 0 aromatic heterocycles. The number of aliphatic carboxylic acids is 1. The van der Waals surface area contributed by atoms with Crippen LogP contribution >= 0.6 is 0 Å². The first-order valence-electron chi connectivity index (χ1n) is 3.82. The average Bonchev–Trinajstić information content (AvgIpc) is 2.07. The molecule has 13 heavy (non-hydrogen) atoms. The fourth-order valence-corrected chi connectivity index (χ4v) is 0.483. The quantitative estimate of drug-likeness (QED) is 0.594. The molecule has 0 bridgehead atoms. The fourth-order valence-electron chi connectivity index (χ4n) is 0.483. The Hall–Kier alpha value is -0.687. The van der Waals surface area contributed by atoms with Crippen LogP contribution in [0.5, 0.6) is 0 Å². The van der Waals surface area contributed by atoms with Crippen molar-refractivity contribution in [1.29, 1.82) is 0 Å². The third kappa shape index (κ3) is 11.3. The van der Waals surface area contributed by atoms with Gasteiger partial charge in [-0.15, -0.1) is 0 Å². The summed E-state index contributed by atoms with van der Waals surface area (Å²) in [6.45, 7) is 3.63. The molecule has 0 saturated heterocycles. The van der Waals surface area contributed by atoms with E-state index in [9.17, 15) is 4.79 Å². The van der Waals surface area contributed by atoms with Gasteiger partial charge in [0.1, 0.15) is 0 Å². The summed E-state index contributed by atoms with van der Waals surface area (Å²) >= 11 is 0. The molecule has 1 N–H and O–H groups in total. The Morgan fingerprint density at radius 2 is 2.08 bits per heavy atom. The van der Waals surface area contributed by atoms with Crippen molar-refractivity contribution in [1.82, 2.24) is 0 Å². The molecule has 0 amide bonds. The molecular weight excluding hydrogens is 217 g/mol. The molecule has 68 valence electrons. The van der Waals surface area contributed by atoms with Crippen LogP contribution in [0, 0.1) is 13.0 Å². The van der Waals surface area contributed by atoms with Crippen molar-refractivity contribution in [2.45, 2.75) is 20.3 Å². The average molecular weight is 231 g/mol. The Balaban J connectivity index is 0. The van der Waals surface area contributed by atoms with E-state index in [1.807, 2.05) is 31.2 Å². The smallest absolute Gasteiger partial charge is 0.303 e. The molecule has 1 aromatic rings. The minimum absolute atomic E-state index is 0. The van der Waals surface area contributed by atoms with Crippen LogP contribution in [0.1, 0.15) is 18.9 Å². The van der Waals surface area contributed by atoms with Crippen LogP contribution in [0.3, 0.4) is 0 Å². The summed E-state index contributed by atoms with van der Waals surface area (Å²) in [7, 11) is 0. The number of benzene rings is 1. The van der Waals surface area contributed by atoms with Crippen LogP contribution in [0.25, 0.3) is 0 Å². The topological polar surface area (TPSA) is 37.3 Å². The zero-order valence-corrected chi connectivity index (χ0v) is 11.0. The van der Waals surface area contributed by atoms with E-state index in [0.29, 0.717) is 0 Å².